The van der Waals surface area contributed by atoms with E-state index in [4.69, 9.17) is 14.0 Å². The van der Waals surface area contributed by atoms with E-state index in [2.05, 4.69) is 10.6 Å². The number of rotatable bonds is 7. The predicted octanol–water partition coefficient (Wildman–Crippen LogP) is 2.03. The van der Waals surface area contributed by atoms with Crippen molar-refractivity contribution in [2.45, 2.75) is 96.4 Å². The van der Waals surface area contributed by atoms with E-state index < -0.39 is 39.8 Å². The molecule has 34 heavy (non-hydrogen) atoms. The fourth-order valence-corrected chi connectivity index (χ4v) is 5.29. The fraction of sp³-hybridized carbons (Fsp3) is 0.870. The number of alkyl carbamates (subject to hydrolysis) is 1. The number of likely N-dealkylation sites (tertiary alicyclic amines) is 1. The van der Waals surface area contributed by atoms with E-state index in [0.29, 0.717) is 38.7 Å². The molecule has 0 bridgehead atoms. The summed E-state index contributed by atoms with van der Waals surface area (Å²) in [6.45, 7) is 14.0. The van der Waals surface area contributed by atoms with Gasteiger partial charge in [-0.15, -0.1) is 0 Å². The van der Waals surface area contributed by atoms with Crippen LogP contribution in [0.2, 0.25) is 6.32 Å². The lowest BCUT2D eigenvalue weighted by molar-refractivity contribution is -0.147. The highest BCUT2D eigenvalue weighted by Gasteiger charge is 2.65. The molecule has 0 aliphatic carbocycles. The van der Waals surface area contributed by atoms with Crippen molar-refractivity contribution in [2.24, 2.45) is 5.41 Å². The van der Waals surface area contributed by atoms with Gasteiger partial charge in [0.25, 0.3) is 0 Å². The number of nitrogens with one attached hydrogen (secondary N) is 2. The molecule has 3 saturated heterocycles. The second kappa shape index (κ2) is 8.98. The number of carboxylic acid groups (broad SMARTS) is 1. The Morgan fingerprint density at radius 1 is 1.12 bits per heavy atom. The maximum atomic E-state index is 12.9. The van der Waals surface area contributed by atoms with Crippen molar-refractivity contribution in [2.75, 3.05) is 26.2 Å². The third-order valence-electron chi connectivity index (χ3n) is 7.76. The lowest BCUT2D eigenvalue weighted by atomic mass is 9.68. The van der Waals surface area contributed by atoms with Crippen LogP contribution in [0.25, 0.3) is 0 Å². The molecule has 11 heteroatoms. The first kappa shape index (κ1) is 26.8. The zero-order valence-electron chi connectivity index (χ0n) is 21.6. The molecule has 3 N–H and O–H groups in total. The Morgan fingerprint density at radius 3 is 2.29 bits per heavy atom. The van der Waals surface area contributed by atoms with Crippen LogP contribution in [0.3, 0.4) is 0 Å². The minimum atomic E-state index is -1.20. The van der Waals surface area contributed by atoms with Crippen LogP contribution in [0.15, 0.2) is 0 Å². The van der Waals surface area contributed by atoms with Crippen LogP contribution >= 0.6 is 0 Å². The van der Waals surface area contributed by atoms with Gasteiger partial charge in [0.05, 0.1) is 17.7 Å². The molecule has 3 rings (SSSR count). The lowest BCUT2D eigenvalue weighted by Crippen LogP contribution is -2.58. The van der Waals surface area contributed by atoms with E-state index in [0.717, 1.165) is 0 Å². The fourth-order valence-electron chi connectivity index (χ4n) is 5.29. The smallest absolute Gasteiger partial charge is 0.457 e. The predicted molar refractivity (Wildman–Crippen MR) is 126 cm³/mol. The number of carbonyl (C=O) groups is 3. The standard InChI is InChI=1S/C23H40BN3O7/c1-19(2,3)32-18(31)25-13-16(28)27-14-22(10-12-26-23(22,15-27)17(29)30)9-8-11-24-33-20(4,5)21(6,7)34-24/h26H,8-15H2,1-7H3,(H,25,31)(H,29,30)/t22-,23-/m1/s1. The highest BCUT2D eigenvalue weighted by molar-refractivity contribution is 6.45. The average Bonchev–Trinajstić information content (AvgIpc) is 3.23. The Labute approximate surface area is 202 Å². The summed E-state index contributed by atoms with van der Waals surface area (Å²) in [6.07, 6.45) is 1.97. The summed E-state index contributed by atoms with van der Waals surface area (Å²) in [6, 6.07) is 0. The summed E-state index contributed by atoms with van der Waals surface area (Å²) in [5.41, 5.74) is -3.29. The Balaban J connectivity index is 1.63. The molecule has 0 aromatic rings. The molecule has 0 aromatic heterocycles. The molecule has 0 spiro atoms. The summed E-state index contributed by atoms with van der Waals surface area (Å²) >= 11 is 0. The van der Waals surface area contributed by atoms with Gasteiger partial charge in [-0.25, -0.2) is 4.79 Å². The second-order valence-corrected chi connectivity index (χ2v) is 11.9. The maximum Gasteiger partial charge on any atom is 0.457 e. The molecule has 3 aliphatic rings. The molecule has 0 saturated carbocycles. The van der Waals surface area contributed by atoms with Gasteiger partial charge in [-0.2, -0.15) is 0 Å². The van der Waals surface area contributed by atoms with Gasteiger partial charge in [-0.05, 0) is 74.2 Å². The van der Waals surface area contributed by atoms with Crippen LogP contribution in [0, 0.1) is 5.41 Å². The van der Waals surface area contributed by atoms with Gasteiger partial charge >= 0.3 is 19.2 Å². The van der Waals surface area contributed by atoms with Crippen molar-refractivity contribution in [3.8, 4) is 0 Å². The number of amides is 2. The molecule has 0 unspecified atom stereocenters. The molecule has 0 radical (unpaired) electrons. The number of carbonyl (C=O) groups excluding carboxylic acids is 2. The van der Waals surface area contributed by atoms with E-state index in [1.807, 2.05) is 27.7 Å². The van der Waals surface area contributed by atoms with Crippen molar-refractivity contribution in [3.05, 3.63) is 0 Å². The van der Waals surface area contributed by atoms with Gasteiger partial charge in [-0.1, -0.05) is 6.42 Å². The molecule has 3 fully saturated rings. The molecule has 0 aromatic carbocycles. The monoisotopic (exact) mass is 481 g/mol. The summed E-state index contributed by atoms with van der Waals surface area (Å²) in [5, 5.41) is 15.9. The van der Waals surface area contributed by atoms with Crippen molar-refractivity contribution < 1.29 is 33.5 Å². The van der Waals surface area contributed by atoms with Crippen molar-refractivity contribution in [3.63, 3.8) is 0 Å². The Bertz CT molecular complexity index is 812. The normalized spacial score (nSPS) is 29.7. The maximum absolute atomic E-state index is 12.9. The molecule has 2 atom stereocenters. The van der Waals surface area contributed by atoms with Gasteiger partial charge in [0.1, 0.15) is 17.7 Å². The topological polar surface area (TPSA) is 126 Å². The summed E-state index contributed by atoms with van der Waals surface area (Å²) in [4.78, 5) is 38.8. The van der Waals surface area contributed by atoms with E-state index in [-0.39, 0.29) is 26.1 Å². The number of hydrogen-bond donors (Lipinski definition) is 3. The molecule has 3 heterocycles. The van der Waals surface area contributed by atoms with Crippen LogP contribution in [0.1, 0.15) is 67.7 Å². The number of fused-ring (bicyclic) bond motifs is 1. The minimum Gasteiger partial charge on any atom is -0.480 e. The number of ether oxygens (including phenoxy) is 1. The molecule has 2 amide bonds. The zero-order chi connectivity index (χ0) is 25.6. The van der Waals surface area contributed by atoms with Gasteiger partial charge in [-0.3, -0.25) is 14.9 Å². The molecular weight excluding hydrogens is 441 g/mol. The highest BCUT2D eigenvalue weighted by Crippen LogP contribution is 2.50. The number of nitrogens with zero attached hydrogens (tertiary/aromatic N) is 1. The second-order valence-electron chi connectivity index (χ2n) is 11.9. The van der Waals surface area contributed by atoms with E-state index in [9.17, 15) is 19.5 Å². The van der Waals surface area contributed by atoms with E-state index in [1.165, 1.54) is 0 Å². The average molecular weight is 481 g/mol. The number of carboxylic acids is 1. The Morgan fingerprint density at radius 2 is 1.74 bits per heavy atom. The van der Waals surface area contributed by atoms with Gasteiger partial charge in [0.2, 0.25) is 5.91 Å². The first-order chi connectivity index (χ1) is 15.5. The third kappa shape index (κ3) is 5.06. The van der Waals surface area contributed by atoms with E-state index in [1.54, 1.807) is 25.7 Å². The van der Waals surface area contributed by atoms with Crippen molar-refractivity contribution in [1.82, 2.24) is 15.5 Å². The van der Waals surface area contributed by atoms with Gasteiger partial charge in [0.15, 0.2) is 0 Å². The number of aliphatic carboxylic acids is 1. The van der Waals surface area contributed by atoms with Crippen LogP contribution in [0.5, 0.6) is 0 Å². The lowest BCUT2D eigenvalue weighted by Gasteiger charge is -2.35. The van der Waals surface area contributed by atoms with Crippen LogP contribution in [-0.2, 0) is 23.6 Å². The van der Waals surface area contributed by atoms with Crippen LogP contribution in [-0.4, -0.2) is 83.6 Å². The Kier molecular flexibility index (Phi) is 7.07. The molecular formula is C23H40BN3O7. The van der Waals surface area contributed by atoms with Gasteiger partial charge < -0.3 is 29.4 Å². The number of hydrogen-bond acceptors (Lipinski definition) is 7. The van der Waals surface area contributed by atoms with Gasteiger partial charge in [0, 0.05) is 12.0 Å². The Hall–Kier alpha value is -1.85. The molecule has 10 nitrogen and oxygen atoms in total. The van der Waals surface area contributed by atoms with E-state index >= 15 is 0 Å². The first-order valence-corrected chi connectivity index (χ1v) is 12.1. The van der Waals surface area contributed by atoms with Crippen molar-refractivity contribution in [1.29, 1.82) is 0 Å². The third-order valence-corrected chi connectivity index (χ3v) is 7.76. The van der Waals surface area contributed by atoms with Crippen molar-refractivity contribution >= 4 is 25.1 Å². The molecule has 3 aliphatic heterocycles. The first-order valence-electron chi connectivity index (χ1n) is 12.1. The van der Waals surface area contributed by atoms with Crippen LogP contribution < -0.4 is 10.6 Å². The summed E-state index contributed by atoms with van der Waals surface area (Å²) in [5.74, 6) is -1.27. The highest BCUT2D eigenvalue weighted by atomic mass is 16.7. The summed E-state index contributed by atoms with van der Waals surface area (Å²) < 4.78 is 17.4. The molecule has 192 valence electrons. The zero-order valence-corrected chi connectivity index (χ0v) is 21.6. The van der Waals surface area contributed by atoms with Crippen LogP contribution in [0.4, 0.5) is 4.79 Å². The minimum absolute atomic E-state index is 0.0632. The SMILES string of the molecule is CC(C)(C)OC(=O)NCC(=O)N1C[C@@]2(CCCB3OC(C)(C)C(C)(C)O3)CCN[C@@]2(C(=O)O)C1. The largest absolute Gasteiger partial charge is 0.480 e. The quantitative estimate of drug-likeness (QED) is 0.472. The summed E-state index contributed by atoms with van der Waals surface area (Å²) in [7, 11) is -0.341.